The standard InChI is InChI=1S/C11H11N3/c1-3-6-10-9(4-2)13-11-12-7-5-8-14(10)11/h3-8H,2H2,1H3/b6-3-. The van der Waals surface area contributed by atoms with E-state index in [1.807, 2.05) is 35.7 Å². The Morgan fingerprint density at radius 1 is 1.50 bits per heavy atom. The Labute approximate surface area is 82.4 Å². The first-order valence-electron chi connectivity index (χ1n) is 4.45. The topological polar surface area (TPSA) is 30.2 Å². The lowest BCUT2D eigenvalue weighted by Crippen LogP contribution is -1.88. The molecular weight excluding hydrogens is 174 g/mol. The first-order valence-corrected chi connectivity index (χ1v) is 4.45. The average Bonchev–Trinajstić information content (AvgIpc) is 2.58. The van der Waals surface area contributed by atoms with E-state index in [2.05, 4.69) is 16.5 Å². The smallest absolute Gasteiger partial charge is 0.234 e. The molecule has 3 nitrogen and oxygen atoms in total. The minimum atomic E-state index is 0.704. The third-order valence-corrected chi connectivity index (χ3v) is 1.99. The fourth-order valence-electron chi connectivity index (χ4n) is 1.40. The molecule has 0 aromatic carbocycles. The van der Waals surface area contributed by atoms with Gasteiger partial charge in [0.05, 0.1) is 11.4 Å². The molecule has 0 bridgehead atoms. The zero-order chi connectivity index (χ0) is 9.97. The first kappa shape index (κ1) is 8.69. The Hall–Kier alpha value is -1.90. The van der Waals surface area contributed by atoms with Crippen molar-refractivity contribution in [1.29, 1.82) is 0 Å². The van der Waals surface area contributed by atoms with Gasteiger partial charge in [0.2, 0.25) is 5.78 Å². The highest BCUT2D eigenvalue weighted by Crippen LogP contribution is 2.13. The molecule has 2 rings (SSSR count). The van der Waals surface area contributed by atoms with Crippen molar-refractivity contribution in [2.45, 2.75) is 6.92 Å². The lowest BCUT2D eigenvalue weighted by Gasteiger charge is -1.94. The zero-order valence-corrected chi connectivity index (χ0v) is 8.01. The van der Waals surface area contributed by atoms with Crippen molar-refractivity contribution in [2.75, 3.05) is 0 Å². The van der Waals surface area contributed by atoms with Gasteiger partial charge < -0.3 is 0 Å². The van der Waals surface area contributed by atoms with Gasteiger partial charge in [0, 0.05) is 12.4 Å². The van der Waals surface area contributed by atoms with Crippen LogP contribution in [-0.2, 0) is 0 Å². The molecule has 0 aliphatic carbocycles. The van der Waals surface area contributed by atoms with Crippen LogP contribution in [0.25, 0.3) is 17.9 Å². The Bertz CT molecular complexity index is 494. The fourth-order valence-corrected chi connectivity index (χ4v) is 1.40. The van der Waals surface area contributed by atoms with Crippen LogP contribution < -0.4 is 0 Å². The summed E-state index contributed by atoms with van der Waals surface area (Å²) in [5, 5.41) is 0. The second kappa shape index (κ2) is 3.46. The molecule has 0 saturated heterocycles. The number of nitrogens with zero attached hydrogens (tertiary/aromatic N) is 3. The maximum atomic E-state index is 4.33. The van der Waals surface area contributed by atoms with Gasteiger partial charge in [0.1, 0.15) is 0 Å². The normalized spacial score (nSPS) is 11.2. The molecule has 70 valence electrons. The van der Waals surface area contributed by atoms with Crippen molar-refractivity contribution in [3.05, 3.63) is 42.5 Å². The van der Waals surface area contributed by atoms with Gasteiger partial charge in [-0.3, -0.25) is 4.40 Å². The number of aromatic nitrogens is 3. The number of rotatable bonds is 2. The maximum Gasteiger partial charge on any atom is 0.234 e. The summed E-state index contributed by atoms with van der Waals surface area (Å²) in [6, 6.07) is 1.88. The van der Waals surface area contributed by atoms with Gasteiger partial charge in [-0.15, -0.1) is 0 Å². The second-order valence-electron chi connectivity index (χ2n) is 2.88. The molecule has 0 aliphatic heterocycles. The molecule has 0 aliphatic rings. The Balaban J connectivity index is 2.80. The van der Waals surface area contributed by atoms with Crippen LogP contribution in [0.5, 0.6) is 0 Å². The minimum absolute atomic E-state index is 0.704. The molecule has 0 radical (unpaired) electrons. The van der Waals surface area contributed by atoms with Crippen LogP contribution in [0.2, 0.25) is 0 Å². The lowest BCUT2D eigenvalue weighted by atomic mass is 10.3. The molecular formula is C11H11N3. The third-order valence-electron chi connectivity index (χ3n) is 1.99. The zero-order valence-electron chi connectivity index (χ0n) is 8.01. The highest BCUT2D eigenvalue weighted by Gasteiger charge is 2.05. The molecule has 14 heavy (non-hydrogen) atoms. The predicted octanol–water partition coefficient (Wildman–Crippen LogP) is 2.41. The van der Waals surface area contributed by atoms with Gasteiger partial charge >= 0.3 is 0 Å². The lowest BCUT2D eigenvalue weighted by molar-refractivity contribution is 1.10. The first-order chi connectivity index (χ1) is 6.86. The third kappa shape index (κ3) is 1.23. The molecule has 0 fully saturated rings. The van der Waals surface area contributed by atoms with E-state index in [0.29, 0.717) is 5.78 Å². The van der Waals surface area contributed by atoms with Gasteiger partial charge in [-0.25, -0.2) is 9.97 Å². The van der Waals surface area contributed by atoms with Crippen LogP contribution in [-0.4, -0.2) is 14.4 Å². The van der Waals surface area contributed by atoms with E-state index >= 15 is 0 Å². The van der Waals surface area contributed by atoms with E-state index in [9.17, 15) is 0 Å². The molecule has 0 atom stereocenters. The van der Waals surface area contributed by atoms with Crippen molar-refractivity contribution in [2.24, 2.45) is 0 Å². The summed E-state index contributed by atoms with van der Waals surface area (Å²) in [4.78, 5) is 8.50. The van der Waals surface area contributed by atoms with Crippen molar-refractivity contribution >= 4 is 17.9 Å². The molecule has 2 aromatic rings. The minimum Gasteiger partial charge on any atom is -0.284 e. The van der Waals surface area contributed by atoms with E-state index in [0.717, 1.165) is 11.4 Å². The van der Waals surface area contributed by atoms with Gasteiger partial charge in [0.25, 0.3) is 0 Å². The van der Waals surface area contributed by atoms with Gasteiger partial charge in [0.15, 0.2) is 0 Å². The summed E-state index contributed by atoms with van der Waals surface area (Å²) in [6.45, 7) is 5.71. The van der Waals surface area contributed by atoms with Gasteiger partial charge in [-0.2, -0.15) is 0 Å². The molecule has 0 N–H and O–H groups in total. The van der Waals surface area contributed by atoms with E-state index < -0.39 is 0 Å². The van der Waals surface area contributed by atoms with Crippen LogP contribution in [0.4, 0.5) is 0 Å². The van der Waals surface area contributed by atoms with E-state index in [1.165, 1.54) is 0 Å². The van der Waals surface area contributed by atoms with Crippen LogP contribution in [0.1, 0.15) is 18.3 Å². The molecule has 2 heterocycles. The van der Waals surface area contributed by atoms with Crippen molar-refractivity contribution in [3.8, 4) is 0 Å². The molecule has 0 saturated carbocycles. The van der Waals surface area contributed by atoms with Crippen LogP contribution in [0.3, 0.4) is 0 Å². The second-order valence-corrected chi connectivity index (χ2v) is 2.88. The number of hydrogen-bond acceptors (Lipinski definition) is 2. The van der Waals surface area contributed by atoms with Gasteiger partial charge in [-0.1, -0.05) is 12.7 Å². The molecule has 0 spiro atoms. The van der Waals surface area contributed by atoms with Crippen LogP contribution >= 0.6 is 0 Å². The maximum absolute atomic E-state index is 4.33. The molecule has 3 heteroatoms. The number of imidazole rings is 1. The summed E-state index contributed by atoms with van der Waals surface area (Å²) < 4.78 is 1.94. The number of fused-ring (bicyclic) bond motifs is 1. The Morgan fingerprint density at radius 3 is 3.07 bits per heavy atom. The molecule has 0 unspecified atom stereocenters. The van der Waals surface area contributed by atoms with Crippen molar-refractivity contribution in [3.63, 3.8) is 0 Å². The quantitative estimate of drug-likeness (QED) is 0.719. The number of hydrogen-bond donors (Lipinski definition) is 0. The monoisotopic (exact) mass is 185 g/mol. The fraction of sp³-hybridized carbons (Fsp3) is 0.0909. The number of allylic oxidation sites excluding steroid dienone is 1. The summed E-state index contributed by atoms with van der Waals surface area (Å²) in [5.41, 5.74) is 1.88. The highest BCUT2D eigenvalue weighted by molar-refractivity contribution is 5.62. The van der Waals surface area contributed by atoms with E-state index in [4.69, 9.17) is 0 Å². The summed E-state index contributed by atoms with van der Waals surface area (Å²) in [5.74, 6) is 0.704. The van der Waals surface area contributed by atoms with Crippen LogP contribution in [0.15, 0.2) is 31.1 Å². The van der Waals surface area contributed by atoms with E-state index in [-0.39, 0.29) is 0 Å². The van der Waals surface area contributed by atoms with Crippen molar-refractivity contribution in [1.82, 2.24) is 14.4 Å². The average molecular weight is 185 g/mol. The highest BCUT2D eigenvalue weighted by atomic mass is 15.1. The molecule has 2 aromatic heterocycles. The van der Waals surface area contributed by atoms with Gasteiger partial charge in [-0.05, 0) is 25.1 Å². The SMILES string of the molecule is C=Cc1nc2ncccn2c1/C=C\C. The summed E-state index contributed by atoms with van der Waals surface area (Å²) in [7, 11) is 0. The summed E-state index contributed by atoms with van der Waals surface area (Å²) >= 11 is 0. The molecule has 0 amide bonds. The Morgan fingerprint density at radius 2 is 2.36 bits per heavy atom. The largest absolute Gasteiger partial charge is 0.284 e. The van der Waals surface area contributed by atoms with E-state index in [1.54, 1.807) is 12.3 Å². The van der Waals surface area contributed by atoms with Crippen molar-refractivity contribution < 1.29 is 0 Å². The predicted molar refractivity (Wildman–Crippen MR) is 57.8 cm³/mol. The summed E-state index contributed by atoms with van der Waals surface area (Å²) in [6.07, 6.45) is 9.39. The van der Waals surface area contributed by atoms with Crippen LogP contribution in [0, 0.1) is 0 Å². The Kier molecular flexibility index (Phi) is 2.14.